The highest BCUT2D eigenvalue weighted by molar-refractivity contribution is 5.97. The largest absolute Gasteiger partial charge is 0.508 e. The lowest BCUT2D eigenvalue weighted by Crippen LogP contribution is -2.44. The molecule has 0 spiro atoms. The second-order valence-corrected chi connectivity index (χ2v) is 11.8. The highest BCUT2D eigenvalue weighted by Crippen LogP contribution is 2.27. The van der Waals surface area contributed by atoms with Crippen LogP contribution >= 0.6 is 0 Å². The first kappa shape index (κ1) is 30.0. The molecule has 2 heterocycles. The smallest absolute Gasteiger partial charge is 0.243 e. The number of likely N-dealkylation sites (N-methyl/N-ethyl adjacent to an activating group) is 1. The predicted octanol–water partition coefficient (Wildman–Crippen LogP) is 4.00. The number of rotatable bonds is 10. The third kappa shape index (κ3) is 8.28. The third-order valence-electron chi connectivity index (χ3n) is 7.24. The molecule has 41 heavy (non-hydrogen) atoms. The van der Waals surface area contributed by atoms with Crippen LogP contribution in [0.15, 0.2) is 60.7 Å². The van der Waals surface area contributed by atoms with Crippen molar-refractivity contribution in [2.24, 2.45) is 5.73 Å². The van der Waals surface area contributed by atoms with E-state index in [4.69, 9.17) is 10.8 Å². The van der Waals surface area contributed by atoms with Gasteiger partial charge in [0.15, 0.2) is 0 Å². The fourth-order valence-corrected chi connectivity index (χ4v) is 4.78. The second-order valence-electron chi connectivity index (χ2n) is 11.8. The van der Waals surface area contributed by atoms with Crippen LogP contribution in [-0.4, -0.2) is 64.3 Å². The highest BCUT2D eigenvalue weighted by Gasteiger charge is 2.19. The molecule has 2 aromatic carbocycles. The molecule has 0 saturated heterocycles. The number of hydrogen-bond acceptors (Lipinski definition) is 7. The zero-order valence-corrected chi connectivity index (χ0v) is 24.5. The number of amides is 2. The first-order chi connectivity index (χ1) is 19.5. The minimum absolute atomic E-state index is 0.0593. The van der Waals surface area contributed by atoms with Crippen molar-refractivity contribution >= 4 is 23.2 Å². The minimum atomic E-state index is -0.854. The van der Waals surface area contributed by atoms with E-state index < -0.39 is 11.9 Å². The Labute approximate surface area is 242 Å². The summed E-state index contributed by atoms with van der Waals surface area (Å²) in [6.45, 7) is 9.00. The summed E-state index contributed by atoms with van der Waals surface area (Å²) in [5, 5.41) is 20.2. The lowest BCUT2D eigenvalue weighted by Gasteiger charge is -2.21. The summed E-state index contributed by atoms with van der Waals surface area (Å²) in [4.78, 5) is 27.1. The number of benzene rings is 2. The van der Waals surface area contributed by atoms with Crippen LogP contribution in [-0.2, 0) is 21.4 Å². The van der Waals surface area contributed by atoms with Crippen LogP contribution in [0.3, 0.4) is 0 Å². The van der Waals surface area contributed by atoms with Gasteiger partial charge in [-0.05, 0) is 72.7 Å². The lowest BCUT2D eigenvalue weighted by atomic mass is 9.87. The molecule has 0 bridgehead atoms. The minimum Gasteiger partial charge on any atom is -0.508 e. The van der Waals surface area contributed by atoms with Gasteiger partial charge in [-0.3, -0.25) is 14.9 Å². The summed E-state index contributed by atoms with van der Waals surface area (Å²) in [6, 6.07) is 16.2. The number of aromatic hydroxyl groups is 1. The van der Waals surface area contributed by atoms with E-state index in [1.54, 1.807) is 24.3 Å². The van der Waals surface area contributed by atoms with Gasteiger partial charge in [-0.15, -0.1) is 0 Å². The van der Waals surface area contributed by atoms with Crippen molar-refractivity contribution in [3.8, 4) is 11.4 Å². The van der Waals surface area contributed by atoms with E-state index in [0.29, 0.717) is 13.0 Å². The number of phenols is 1. The molecule has 2 amide bonds. The van der Waals surface area contributed by atoms with E-state index in [1.165, 1.54) is 11.1 Å². The molecule has 0 radical (unpaired) electrons. The summed E-state index contributed by atoms with van der Waals surface area (Å²) in [7, 11) is 2.12. The summed E-state index contributed by atoms with van der Waals surface area (Å²) < 4.78 is 1.92. The van der Waals surface area contributed by atoms with Crippen molar-refractivity contribution in [1.82, 2.24) is 20.0 Å². The molecule has 1 aromatic heterocycles. The first-order valence-electron chi connectivity index (χ1n) is 14.2. The fourth-order valence-electron chi connectivity index (χ4n) is 4.78. The molecule has 0 saturated carbocycles. The Morgan fingerprint density at radius 3 is 2.46 bits per heavy atom. The first-order valence-corrected chi connectivity index (χ1v) is 14.2. The van der Waals surface area contributed by atoms with Gasteiger partial charge in [0.05, 0.1) is 17.4 Å². The Bertz CT molecular complexity index is 1370. The number of imide groups is 1. The quantitative estimate of drug-likeness (QED) is 0.277. The molecule has 3 aromatic rings. The number of phenolic OH excluding ortho intramolecular Hbond substituents is 1. The molecule has 5 N–H and O–H groups in total. The van der Waals surface area contributed by atoms with Gasteiger partial charge in [-0.2, -0.15) is 5.10 Å². The van der Waals surface area contributed by atoms with Crippen molar-refractivity contribution in [3.63, 3.8) is 0 Å². The van der Waals surface area contributed by atoms with Gasteiger partial charge in [0.1, 0.15) is 11.6 Å². The van der Waals surface area contributed by atoms with Crippen LogP contribution in [0.25, 0.3) is 11.3 Å². The topological polar surface area (TPSA) is 126 Å². The molecule has 1 atom stereocenters. The molecule has 9 heteroatoms. The van der Waals surface area contributed by atoms with E-state index in [9.17, 15) is 14.7 Å². The van der Waals surface area contributed by atoms with Crippen LogP contribution in [0.4, 0.5) is 5.82 Å². The van der Waals surface area contributed by atoms with Crippen LogP contribution < -0.4 is 16.4 Å². The molecule has 0 aliphatic carbocycles. The Balaban J connectivity index is 1.36. The van der Waals surface area contributed by atoms with E-state index in [1.807, 2.05) is 4.68 Å². The monoisotopic (exact) mass is 558 g/mol. The predicted molar refractivity (Wildman–Crippen MR) is 163 cm³/mol. The van der Waals surface area contributed by atoms with Gasteiger partial charge in [0, 0.05) is 32.1 Å². The molecule has 4 rings (SSSR count). The number of nitrogens with one attached hydrogen (secondary N) is 2. The molecule has 1 aliphatic rings. The summed E-state index contributed by atoms with van der Waals surface area (Å²) >= 11 is 0. The van der Waals surface area contributed by atoms with Gasteiger partial charge in [-0.25, -0.2) is 4.68 Å². The Kier molecular flexibility index (Phi) is 9.62. The van der Waals surface area contributed by atoms with Crippen molar-refractivity contribution in [2.45, 2.75) is 57.9 Å². The molecule has 0 fully saturated rings. The summed E-state index contributed by atoms with van der Waals surface area (Å²) in [6.07, 6.45) is 4.24. The average molecular weight is 559 g/mol. The maximum absolute atomic E-state index is 12.4. The lowest BCUT2D eigenvalue weighted by molar-refractivity contribution is -0.131. The highest BCUT2D eigenvalue weighted by atomic mass is 16.3. The van der Waals surface area contributed by atoms with E-state index in [0.717, 1.165) is 42.3 Å². The number of nitrogens with zero attached hydrogens (tertiary/aromatic N) is 3. The van der Waals surface area contributed by atoms with E-state index in [2.05, 4.69) is 79.8 Å². The van der Waals surface area contributed by atoms with E-state index in [-0.39, 0.29) is 29.9 Å². The van der Waals surface area contributed by atoms with Crippen molar-refractivity contribution in [3.05, 3.63) is 77.5 Å². The van der Waals surface area contributed by atoms with Crippen molar-refractivity contribution in [1.29, 1.82) is 0 Å². The zero-order valence-electron chi connectivity index (χ0n) is 24.5. The number of hydrogen-bond donors (Lipinski definition) is 4. The molecular weight excluding hydrogens is 516 g/mol. The van der Waals surface area contributed by atoms with Gasteiger partial charge in [-0.1, -0.05) is 51.1 Å². The second kappa shape index (κ2) is 13.1. The van der Waals surface area contributed by atoms with Crippen LogP contribution in [0.5, 0.6) is 5.75 Å². The number of carbonyl (C=O) groups excluding carboxylic acids is 2. The number of carbonyl (C=O) groups is 2. The standard InChI is InChI=1S/C32H42N6O3/c1-32(2,3)24-11-13-25(14-12-24)38-29(20-28(36-38)23-7-6-18-37(4)21-23)34-17-5-8-30(40)35-31(41)27(33)19-22-9-15-26(39)16-10-22/h7,9-16,20,27,34,39H,5-6,8,17-19,21,33H2,1-4H3,(H,35,40,41)/t27-/m0/s1. The van der Waals surface area contributed by atoms with Gasteiger partial charge < -0.3 is 21.1 Å². The number of nitrogens with two attached hydrogens (primary N) is 1. The average Bonchev–Trinajstić information content (AvgIpc) is 3.36. The summed E-state index contributed by atoms with van der Waals surface area (Å²) in [5.41, 5.74) is 11.2. The maximum atomic E-state index is 12.4. The molecular formula is C32H42N6O3. The Morgan fingerprint density at radius 1 is 1.10 bits per heavy atom. The van der Waals surface area contributed by atoms with Crippen LogP contribution in [0.1, 0.15) is 56.9 Å². The van der Waals surface area contributed by atoms with Gasteiger partial charge in [0.25, 0.3) is 0 Å². The summed E-state index contributed by atoms with van der Waals surface area (Å²) in [5.74, 6) is 0.125. The Morgan fingerprint density at radius 2 is 1.80 bits per heavy atom. The third-order valence-corrected chi connectivity index (χ3v) is 7.24. The van der Waals surface area contributed by atoms with Crippen LogP contribution in [0, 0.1) is 0 Å². The molecule has 1 aliphatic heterocycles. The number of anilines is 1. The van der Waals surface area contributed by atoms with Crippen LogP contribution in [0.2, 0.25) is 0 Å². The van der Waals surface area contributed by atoms with Gasteiger partial charge in [0.2, 0.25) is 11.8 Å². The molecule has 0 unspecified atom stereocenters. The number of aromatic nitrogens is 2. The molecule has 218 valence electrons. The normalized spacial score (nSPS) is 14.8. The van der Waals surface area contributed by atoms with E-state index >= 15 is 0 Å². The van der Waals surface area contributed by atoms with Crippen molar-refractivity contribution in [2.75, 3.05) is 32.0 Å². The van der Waals surface area contributed by atoms with Gasteiger partial charge >= 0.3 is 0 Å². The fraction of sp³-hybridized carbons (Fsp3) is 0.406. The maximum Gasteiger partial charge on any atom is 0.243 e. The Hall–Kier alpha value is -3.95. The zero-order chi connectivity index (χ0) is 29.6. The SMILES string of the molecule is CN1CCC=C(c2cc(NCCCC(=O)NC(=O)[C@@H](N)Cc3ccc(O)cc3)n(-c3ccc(C(C)(C)C)cc3)n2)C1. The van der Waals surface area contributed by atoms with Crippen molar-refractivity contribution < 1.29 is 14.7 Å². The molecule has 9 nitrogen and oxygen atoms in total.